The van der Waals surface area contributed by atoms with Crippen molar-refractivity contribution in [2.45, 2.75) is 18.6 Å². The Morgan fingerprint density at radius 2 is 2.09 bits per heavy atom. The van der Waals surface area contributed by atoms with Gasteiger partial charge in [-0.15, -0.1) is 0 Å². The Kier molecular flexibility index (Phi) is 4.04. The molecule has 2 aromatic rings. The number of aliphatic hydroxyl groups is 1. The molecule has 1 aliphatic rings. The van der Waals surface area contributed by atoms with Crippen LogP contribution in [0.1, 0.15) is 28.5 Å². The van der Waals surface area contributed by atoms with Crippen molar-refractivity contribution in [2.24, 2.45) is 7.05 Å². The Labute approximate surface area is 133 Å². The summed E-state index contributed by atoms with van der Waals surface area (Å²) in [7, 11) is 3.19. The fourth-order valence-corrected chi connectivity index (χ4v) is 2.93. The minimum atomic E-state index is -0.611. The largest absolute Gasteiger partial charge is 0.481 e. The van der Waals surface area contributed by atoms with Crippen LogP contribution in [-0.4, -0.2) is 45.5 Å². The van der Waals surface area contributed by atoms with Crippen molar-refractivity contribution in [3.05, 3.63) is 47.4 Å². The summed E-state index contributed by atoms with van der Waals surface area (Å²) in [6.07, 6.45) is -0.193. The van der Waals surface area contributed by atoms with Gasteiger partial charge in [0.15, 0.2) is 5.69 Å². The highest BCUT2D eigenvalue weighted by atomic mass is 19.1. The number of carbonyl (C=O) groups is 1. The molecule has 1 N–H and O–H groups in total. The number of halogens is 1. The van der Waals surface area contributed by atoms with Gasteiger partial charge in [-0.1, -0.05) is 12.1 Å². The monoisotopic (exact) mass is 319 g/mol. The van der Waals surface area contributed by atoms with Crippen molar-refractivity contribution in [3.63, 3.8) is 0 Å². The number of nitrogens with zero attached hydrogens (tertiary/aromatic N) is 3. The molecule has 2 heterocycles. The summed E-state index contributed by atoms with van der Waals surface area (Å²) in [5, 5.41) is 14.1. The second kappa shape index (κ2) is 6.00. The van der Waals surface area contributed by atoms with Gasteiger partial charge in [-0.3, -0.25) is 4.79 Å². The Bertz CT molecular complexity index is 714. The van der Waals surface area contributed by atoms with Crippen molar-refractivity contribution in [1.29, 1.82) is 0 Å². The molecule has 3 rings (SSSR count). The second-order valence-corrected chi connectivity index (χ2v) is 5.61. The van der Waals surface area contributed by atoms with Crippen LogP contribution in [0.2, 0.25) is 0 Å². The van der Waals surface area contributed by atoms with Crippen LogP contribution in [0.4, 0.5) is 4.39 Å². The first-order valence-electron chi connectivity index (χ1n) is 7.32. The van der Waals surface area contributed by atoms with Gasteiger partial charge in [-0.05, 0) is 24.1 Å². The lowest BCUT2D eigenvalue weighted by atomic mass is 10.0. The van der Waals surface area contributed by atoms with Crippen LogP contribution in [0.25, 0.3) is 0 Å². The van der Waals surface area contributed by atoms with E-state index in [-0.39, 0.29) is 30.0 Å². The fraction of sp³-hybridized carbons (Fsp3) is 0.375. The number of methoxy groups -OCH3 is 1. The predicted octanol–water partition coefficient (Wildman–Crippen LogP) is 1.52. The molecule has 0 radical (unpaired) electrons. The topological polar surface area (TPSA) is 67.6 Å². The molecule has 1 saturated heterocycles. The van der Waals surface area contributed by atoms with E-state index in [1.165, 1.54) is 23.9 Å². The van der Waals surface area contributed by atoms with Gasteiger partial charge in [0.05, 0.1) is 19.3 Å². The number of ether oxygens (including phenoxy) is 1. The van der Waals surface area contributed by atoms with Crippen molar-refractivity contribution in [1.82, 2.24) is 14.7 Å². The van der Waals surface area contributed by atoms with Crippen molar-refractivity contribution >= 4 is 5.91 Å². The number of rotatable bonds is 3. The lowest BCUT2D eigenvalue weighted by molar-refractivity contribution is 0.0709. The summed E-state index contributed by atoms with van der Waals surface area (Å²) < 4.78 is 19.7. The zero-order valence-corrected chi connectivity index (χ0v) is 12.9. The summed E-state index contributed by atoms with van der Waals surface area (Å²) in [5.74, 6) is -0.138. The Morgan fingerprint density at radius 3 is 2.70 bits per heavy atom. The Morgan fingerprint density at radius 1 is 1.39 bits per heavy atom. The average Bonchev–Trinajstić information content (AvgIpc) is 3.10. The smallest absolute Gasteiger partial charge is 0.275 e. The standard InChI is InChI=1S/C16H18FN3O3/c1-19-15(23-2)8-13(18-19)16(22)20-9-12(21)7-14(20)10-3-5-11(17)6-4-10/h3-6,8,12,14,21H,7,9H2,1-2H3/t12-,14-/m0/s1. The molecule has 1 aliphatic heterocycles. The number of carbonyl (C=O) groups excluding carboxylic acids is 1. The van der Waals surface area contributed by atoms with Crippen LogP contribution in [0, 0.1) is 5.82 Å². The zero-order valence-electron chi connectivity index (χ0n) is 12.9. The van der Waals surface area contributed by atoms with Crippen LogP contribution in [-0.2, 0) is 7.05 Å². The van der Waals surface area contributed by atoms with E-state index in [1.807, 2.05) is 0 Å². The molecule has 122 valence electrons. The maximum atomic E-state index is 13.1. The molecule has 0 spiro atoms. The third kappa shape index (κ3) is 2.92. The molecule has 0 bridgehead atoms. The molecule has 6 nitrogen and oxygen atoms in total. The summed E-state index contributed by atoms with van der Waals surface area (Å²) in [5.41, 5.74) is 1.05. The van der Waals surface area contributed by atoms with E-state index in [1.54, 1.807) is 30.1 Å². The average molecular weight is 319 g/mol. The number of β-amino-alcohol motifs (C(OH)–C–C–N with tert-alkyl or cyclic N) is 1. The first kappa shape index (κ1) is 15.5. The lowest BCUT2D eigenvalue weighted by Gasteiger charge is -2.23. The first-order valence-corrected chi connectivity index (χ1v) is 7.32. The third-order valence-electron chi connectivity index (χ3n) is 4.06. The van der Waals surface area contributed by atoms with Gasteiger partial charge in [0, 0.05) is 19.7 Å². The molecular formula is C16H18FN3O3. The van der Waals surface area contributed by atoms with Gasteiger partial charge in [-0.2, -0.15) is 5.10 Å². The van der Waals surface area contributed by atoms with Crippen molar-refractivity contribution in [3.8, 4) is 5.88 Å². The second-order valence-electron chi connectivity index (χ2n) is 5.61. The Balaban J connectivity index is 1.89. The van der Waals surface area contributed by atoms with E-state index < -0.39 is 6.10 Å². The van der Waals surface area contributed by atoms with Crippen LogP contribution in [0.5, 0.6) is 5.88 Å². The van der Waals surface area contributed by atoms with Crippen LogP contribution in [0.15, 0.2) is 30.3 Å². The molecule has 1 aromatic heterocycles. The van der Waals surface area contributed by atoms with Crippen LogP contribution < -0.4 is 4.74 Å². The van der Waals surface area contributed by atoms with Crippen LogP contribution in [0.3, 0.4) is 0 Å². The number of hydrogen-bond donors (Lipinski definition) is 1. The number of hydrogen-bond acceptors (Lipinski definition) is 4. The van der Waals surface area contributed by atoms with Gasteiger partial charge in [0.25, 0.3) is 5.91 Å². The normalized spacial score (nSPS) is 20.8. The first-order chi connectivity index (χ1) is 11.0. The summed E-state index contributed by atoms with van der Waals surface area (Å²) in [6.45, 7) is 0.222. The van der Waals surface area contributed by atoms with Crippen molar-refractivity contribution < 1.29 is 19.0 Å². The molecule has 1 amide bonds. The van der Waals surface area contributed by atoms with E-state index in [9.17, 15) is 14.3 Å². The molecule has 0 saturated carbocycles. The summed E-state index contributed by atoms with van der Waals surface area (Å²) in [4.78, 5) is 14.3. The molecule has 0 aliphatic carbocycles. The maximum absolute atomic E-state index is 13.1. The molecule has 2 atom stereocenters. The quantitative estimate of drug-likeness (QED) is 0.931. The number of aliphatic hydroxyl groups excluding tert-OH is 1. The number of likely N-dealkylation sites (tertiary alicyclic amines) is 1. The minimum absolute atomic E-state index is 0.222. The van der Waals surface area contributed by atoms with E-state index in [4.69, 9.17) is 4.74 Å². The van der Waals surface area contributed by atoms with Gasteiger partial charge in [0.2, 0.25) is 5.88 Å². The molecular weight excluding hydrogens is 301 g/mol. The van der Waals surface area contributed by atoms with Crippen molar-refractivity contribution in [2.75, 3.05) is 13.7 Å². The molecule has 1 aromatic carbocycles. The van der Waals surface area contributed by atoms with E-state index in [2.05, 4.69) is 5.10 Å². The summed E-state index contributed by atoms with van der Waals surface area (Å²) >= 11 is 0. The molecule has 0 unspecified atom stereocenters. The zero-order chi connectivity index (χ0) is 16.6. The summed E-state index contributed by atoms with van der Waals surface area (Å²) in [6, 6.07) is 7.24. The molecule has 1 fully saturated rings. The van der Waals surface area contributed by atoms with E-state index >= 15 is 0 Å². The van der Waals surface area contributed by atoms with Gasteiger partial charge in [0.1, 0.15) is 5.82 Å². The number of amides is 1. The minimum Gasteiger partial charge on any atom is -0.481 e. The fourth-order valence-electron chi connectivity index (χ4n) is 2.93. The van der Waals surface area contributed by atoms with E-state index in [0.29, 0.717) is 12.3 Å². The third-order valence-corrected chi connectivity index (χ3v) is 4.06. The highest BCUT2D eigenvalue weighted by molar-refractivity contribution is 5.93. The lowest BCUT2D eigenvalue weighted by Crippen LogP contribution is -2.32. The van der Waals surface area contributed by atoms with Gasteiger partial charge in [-0.25, -0.2) is 9.07 Å². The number of aromatic nitrogens is 2. The van der Waals surface area contributed by atoms with E-state index in [0.717, 1.165) is 5.56 Å². The maximum Gasteiger partial charge on any atom is 0.275 e. The van der Waals surface area contributed by atoms with Crippen LogP contribution >= 0.6 is 0 Å². The highest BCUT2D eigenvalue weighted by Gasteiger charge is 2.36. The highest BCUT2D eigenvalue weighted by Crippen LogP contribution is 2.33. The number of benzene rings is 1. The molecule has 23 heavy (non-hydrogen) atoms. The van der Waals surface area contributed by atoms with Gasteiger partial charge < -0.3 is 14.7 Å². The van der Waals surface area contributed by atoms with Gasteiger partial charge >= 0.3 is 0 Å². The number of aryl methyl sites for hydroxylation is 1. The molecule has 7 heteroatoms. The Hall–Kier alpha value is -2.41. The predicted molar refractivity (Wildman–Crippen MR) is 80.6 cm³/mol. The SMILES string of the molecule is COc1cc(C(=O)N2C[C@@H](O)C[C@H]2c2ccc(F)cc2)nn1C.